The van der Waals surface area contributed by atoms with Gasteiger partial charge in [-0.15, -0.1) is 0 Å². The summed E-state index contributed by atoms with van der Waals surface area (Å²) >= 11 is 0. The van der Waals surface area contributed by atoms with Crippen LogP contribution in [0.25, 0.3) is 0 Å². The zero-order valence-corrected chi connectivity index (χ0v) is 13.7. The van der Waals surface area contributed by atoms with Crippen LogP contribution in [0.3, 0.4) is 0 Å². The number of piperazine rings is 1. The molecule has 2 rings (SSSR count). The zero-order chi connectivity index (χ0) is 14.9. The summed E-state index contributed by atoms with van der Waals surface area (Å²) < 4.78 is 2.03. The zero-order valence-electron chi connectivity index (χ0n) is 13.7. The monoisotopic (exact) mass is 279 g/mol. The molecule has 2 heterocycles. The Morgan fingerprint density at radius 2 is 2.10 bits per heavy atom. The maximum atomic E-state index is 4.44. The van der Waals surface area contributed by atoms with E-state index in [1.807, 2.05) is 4.68 Å². The first-order valence-corrected chi connectivity index (χ1v) is 7.65. The Labute approximate surface area is 122 Å². The van der Waals surface area contributed by atoms with E-state index in [0.29, 0.717) is 18.1 Å². The molecule has 0 spiro atoms. The Morgan fingerprint density at radius 3 is 2.70 bits per heavy atom. The summed E-state index contributed by atoms with van der Waals surface area (Å²) in [6, 6.07) is 1.42. The number of nitrogens with one attached hydrogen (secondary N) is 1. The van der Waals surface area contributed by atoms with E-state index in [4.69, 9.17) is 0 Å². The molecule has 1 fully saturated rings. The minimum Gasteiger partial charge on any atom is -0.311 e. The summed E-state index contributed by atoms with van der Waals surface area (Å²) in [5, 5.41) is 8.01. The first-order valence-electron chi connectivity index (χ1n) is 7.65. The molecule has 0 aliphatic carbocycles. The topological polar surface area (TPSA) is 46.0 Å². The van der Waals surface area contributed by atoms with Crippen molar-refractivity contribution in [3.05, 3.63) is 12.2 Å². The second-order valence-corrected chi connectivity index (χ2v) is 7.32. The van der Waals surface area contributed by atoms with E-state index in [1.54, 1.807) is 6.33 Å². The molecule has 0 saturated carbocycles. The highest BCUT2D eigenvalue weighted by molar-refractivity contribution is 4.94. The highest BCUT2D eigenvalue weighted by Gasteiger charge is 2.32. The van der Waals surface area contributed by atoms with Gasteiger partial charge in [0.1, 0.15) is 12.2 Å². The molecular formula is C15H29N5. The minimum absolute atomic E-state index is 0.282. The first kappa shape index (κ1) is 15.4. The molecule has 1 aliphatic heterocycles. The molecule has 1 aromatic heterocycles. The summed E-state index contributed by atoms with van der Waals surface area (Å²) in [6.45, 7) is 16.5. The van der Waals surface area contributed by atoms with Crippen molar-refractivity contribution in [2.45, 2.75) is 66.2 Å². The predicted octanol–water partition coefficient (Wildman–Crippen LogP) is 2.07. The van der Waals surface area contributed by atoms with E-state index in [1.165, 1.54) is 0 Å². The van der Waals surface area contributed by atoms with Crippen molar-refractivity contribution < 1.29 is 0 Å². The van der Waals surface area contributed by atoms with Gasteiger partial charge < -0.3 is 5.32 Å². The van der Waals surface area contributed by atoms with E-state index in [9.17, 15) is 0 Å². The summed E-state index contributed by atoms with van der Waals surface area (Å²) in [7, 11) is 0. The largest absolute Gasteiger partial charge is 0.311 e. The molecule has 114 valence electrons. The normalized spacial score (nSPS) is 25.4. The van der Waals surface area contributed by atoms with Gasteiger partial charge >= 0.3 is 0 Å². The van der Waals surface area contributed by atoms with Crippen molar-refractivity contribution in [1.82, 2.24) is 25.0 Å². The lowest BCUT2D eigenvalue weighted by atomic mass is 9.85. The van der Waals surface area contributed by atoms with E-state index in [2.05, 4.69) is 61.8 Å². The van der Waals surface area contributed by atoms with Gasteiger partial charge in [-0.3, -0.25) is 4.90 Å². The molecule has 1 aromatic rings. The Balaban J connectivity index is 2.08. The standard InChI is InChI=1S/C15H29N5/c1-11(2)20-14(17-10-18-20)9-19-8-13(15(4,5)6)16-7-12(19)3/h10-13,16H,7-9H2,1-6H3. The maximum absolute atomic E-state index is 4.44. The van der Waals surface area contributed by atoms with Gasteiger partial charge in [0.05, 0.1) is 6.54 Å². The SMILES string of the molecule is CC1CNC(C(C)(C)C)CN1Cc1ncnn1C(C)C. The second kappa shape index (κ2) is 5.82. The number of rotatable bonds is 3. The van der Waals surface area contributed by atoms with Crippen molar-refractivity contribution in [2.24, 2.45) is 5.41 Å². The molecule has 5 nitrogen and oxygen atoms in total. The van der Waals surface area contributed by atoms with Crippen molar-refractivity contribution in [3.8, 4) is 0 Å². The van der Waals surface area contributed by atoms with Gasteiger partial charge in [0, 0.05) is 31.2 Å². The van der Waals surface area contributed by atoms with Gasteiger partial charge in [0.15, 0.2) is 0 Å². The summed E-state index contributed by atoms with van der Waals surface area (Å²) in [4.78, 5) is 6.97. The van der Waals surface area contributed by atoms with Crippen LogP contribution in [0.1, 0.15) is 53.4 Å². The Kier molecular flexibility index (Phi) is 4.49. The van der Waals surface area contributed by atoms with Gasteiger partial charge in [0.2, 0.25) is 0 Å². The van der Waals surface area contributed by atoms with Gasteiger partial charge in [-0.25, -0.2) is 9.67 Å². The van der Waals surface area contributed by atoms with Gasteiger partial charge in [-0.05, 0) is 26.2 Å². The lowest BCUT2D eigenvalue weighted by Crippen LogP contribution is -2.59. The van der Waals surface area contributed by atoms with Crippen LogP contribution >= 0.6 is 0 Å². The van der Waals surface area contributed by atoms with Crippen LogP contribution in [-0.4, -0.2) is 44.8 Å². The van der Waals surface area contributed by atoms with Crippen LogP contribution in [-0.2, 0) is 6.54 Å². The number of nitrogens with zero attached hydrogens (tertiary/aromatic N) is 4. The summed E-state index contributed by atoms with van der Waals surface area (Å²) in [5.41, 5.74) is 0.282. The number of hydrogen-bond donors (Lipinski definition) is 1. The van der Waals surface area contributed by atoms with Crippen LogP contribution < -0.4 is 5.32 Å². The molecule has 0 aromatic carbocycles. The first-order chi connectivity index (χ1) is 9.29. The third-order valence-corrected chi connectivity index (χ3v) is 4.23. The lowest BCUT2D eigenvalue weighted by molar-refractivity contribution is 0.0839. The molecule has 2 atom stereocenters. The third kappa shape index (κ3) is 3.38. The molecule has 1 saturated heterocycles. The molecule has 0 amide bonds. The fourth-order valence-corrected chi connectivity index (χ4v) is 2.72. The molecular weight excluding hydrogens is 250 g/mol. The van der Waals surface area contributed by atoms with E-state index in [-0.39, 0.29) is 5.41 Å². The molecule has 1 aliphatic rings. The van der Waals surface area contributed by atoms with Gasteiger partial charge in [-0.2, -0.15) is 5.10 Å². The van der Waals surface area contributed by atoms with Crippen molar-refractivity contribution in [1.29, 1.82) is 0 Å². The molecule has 0 radical (unpaired) electrons. The fourth-order valence-electron chi connectivity index (χ4n) is 2.72. The van der Waals surface area contributed by atoms with Crippen LogP contribution in [0.2, 0.25) is 0 Å². The quantitative estimate of drug-likeness (QED) is 0.920. The molecule has 2 unspecified atom stereocenters. The fraction of sp³-hybridized carbons (Fsp3) is 0.867. The van der Waals surface area contributed by atoms with Crippen LogP contribution in [0.4, 0.5) is 0 Å². The van der Waals surface area contributed by atoms with E-state index in [0.717, 1.165) is 25.5 Å². The van der Waals surface area contributed by atoms with Crippen molar-refractivity contribution in [3.63, 3.8) is 0 Å². The second-order valence-electron chi connectivity index (χ2n) is 7.32. The molecule has 20 heavy (non-hydrogen) atoms. The third-order valence-electron chi connectivity index (χ3n) is 4.23. The van der Waals surface area contributed by atoms with Crippen molar-refractivity contribution >= 4 is 0 Å². The molecule has 0 bridgehead atoms. The van der Waals surface area contributed by atoms with Crippen LogP contribution in [0, 0.1) is 5.41 Å². The van der Waals surface area contributed by atoms with Gasteiger partial charge in [-0.1, -0.05) is 20.8 Å². The van der Waals surface area contributed by atoms with Crippen molar-refractivity contribution in [2.75, 3.05) is 13.1 Å². The maximum Gasteiger partial charge on any atom is 0.141 e. The van der Waals surface area contributed by atoms with Crippen LogP contribution in [0.15, 0.2) is 6.33 Å². The minimum atomic E-state index is 0.282. The smallest absolute Gasteiger partial charge is 0.141 e. The van der Waals surface area contributed by atoms with Crippen LogP contribution in [0.5, 0.6) is 0 Å². The Hall–Kier alpha value is -0.940. The summed E-state index contributed by atoms with van der Waals surface area (Å²) in [6.07, 6.45) is 1.67. The summed E-state index contributed by atoms with van der Waals surface area (Å²) in [5.74, 6) is 1.07. The van der Waals surface area contributed by atoms with Gasteiger partial charge in [0.25, 0.3) is 0 Å². The average molecular weight is 279 g/mol. The van der Waals surface area contributed by atoms with E-state index >= 15 is 0 Å². The Bertz CT molecular complexity index is 432. The number of aromatic nitrogens is 3. The average Bonchev–Trinajstić information content (AvgIpc) is 2.78. The number of hydrogen-bond acceptors (Lipinski definition) is 4. The lowest BCUT2D eigenvalue weighted by Gasteiger charge is -2.43. The van der Waals surface area contributed by atoms with E-state index < -0.39 is 0 Å². The molecule has 1 N–H and O–H groups in total. The Morgan fingerprint density at radius 1 is 1.40 bits per heavy atom. The highest BCUT2D eigenvalue weighted by atomic mass is 15.4. The highest BCUT2D eigenvalue weighted by Crippen LogP contribution is 2.24. The molecule has 5 heteroatoms. The predicted molar refractivity (Wildman–Crippen MR) is 81.5 cm³/mol.